The molecular formula is C14H22N6. The molecule has 6 heteroatoms. The summed E-state index contributed by atoms with van der Waals surface area (Å²) in [7, 11) is 2.21. The monoisotopic (exact) mass is 274 g/mol. The number of anilines is 1. The summed E-state index contributed by atoms with van der Waals surface area (Å²) in [4.78, 5) is 14.9. The molecular weight excluding hydrogens is 252 g/mol. The van der Waals surface area contributed by atoms with Crippen molar-refractivity contribution in [3.8, 4) is 0 Å². The zero-order valence-electron chi connectivity index (χ0n) is 12.0. The van der Waals surface area contributed by atoms with Crippen LogP contribution in [0.25, 0.3) is 11.2 Å². The maximum atomic E-state index is 5.79. The van der Waals surface area contributed by atoms with Crippen molar-refractivity contribution in [2.45, 2.75) is 32.2 Å². The average molecular weight is 274 g/mol. The van der Waals surface area contributed by atoms with Crippen molar-refractivity contribution in [1.29, 1.82) is 0 Å². The SMILES string of the molecule is CN(CCCn1cnc2c(N)ncnc21)CC1CCC1. The van der Waals surface area contributed by atoms with Crippen LogP contribution in [0.4, 0.5) is 5.82 Å². The van der Waals surface area contributed by atoms with Gasteiger partial charge in [-0.2, -0.15) is 0 Å². The lowest BCUT2D eigenvalue weighted by Crippen LogP contribution is -2.30. The second-order valence-electron chi connectivity index (χ2n) is 5.78. The number of imidazole rings is 1. The molecule has 0 saturated heterocycles. The van der Waals surface area contributed by atoms with Crippen molar-refractivity contribution in [2.24, 2.45) is 5.92 Å². The molecule has 1 saturated carbocycles. The Kier molecular flexibility index (Phi) is 3.82. The standard InChI is InChI=1S/C14H22N6/c1-19(8-11-4-2-5-11)6-3-7-20-10-18-12-13(15)16-9-17-14(12)20/h9-11H,2-8H2,1H3,(H2,15,16,17). The summed E-state index contributed by atoms with van der Waals surface area (Å²) in [5, 5.41) is 0. The third kappa shape index (κ3) is 2.75. The van der Waals surface area contributed by atoms with E-state index in [1.165, 1.54) is 32.1 Å². The lowest BCUT2D eigenvalue weighted by molar-refractivity contribution is 0.202. The second kappa shape index (κ2) is 5.75. The third-order valence-corrected chi connectivity index (χ3v) is 4.16. The Hall–Kier alpha value is -1.69. The fourth-order valence-electron chi connectivity index (χ4n) is 2.78. The first kappa shape index (κ1) is 13.3. The van der Waals surface area contributed by atoms with E-state index in [0.717, 1.165) is 31.1 Å². The number of aromatic nitrogens is 4. The minimum Gasteiger partial charge on any atom is -0.382 e. The van der Waals surface area contributed by atoms with Gasteiger partial charge in [-0.3, -0.25) is 0 Å². The first-order valence-electron chi connectivity index (χ1n) is 7.34. The van der Waals surface area contributed by atoms with Crippen molar-refractivity contribution in [2.75, 3.05) is 25.9 Å². The van der Waals surface area contributed by atoms with Gasteiger partial charge in [-0.1, -0.05) is 6.42 Å². The molecule has 108 valence electrons. The number of hydrogen-bond acceptors (Lipinski definition) is 5. The highest BCUT2D eigenvalue weighted by Gasteiger charge is 2.18. The first-order chi connectivity index (χ1) is 9.74. The summed E-state index contributed by atoms with van der Waals surface area (Å²) in [6.45, 7) is 3.26. The van der Waals surface area contributed by atoms with Crippen molar-refractivity contribution in [3.05, 3.63) is 12.7 Å². The van der Waals surface area contributed by atoms with Gasteiger partial charge in [0.25, 0.3) is 0 Å². The quantitative estimate of drug-likeness (QED) is 0.865. The predicted octanol–water partition coefficient (Wildman–Crippen LogP) is 1.53. The molecule has 20 heavy (non-hydrogen) atoms. The fourth-order valence-corrected chi connectivity index (χ4v) is 2.78. The Balaban J connectivity index is 1.53. The van der Waals surface area contributed by atoms with Crippen molar-refractivity contribution in [1.82, 2.24) is 24.4 Å². The van der Waals surface area contributed by atoms with E-state index in [1.54, 1.807) is 0 Å². The van der Waals surface area contributed by atoms with E-state index in [4.69, 9.17) is 5.73 Å². The van der Waals surface area contributed by atoms with Gasteiger partial charge in [0.2, 0.25) is 0 Å². The topological polar surface area (TPSA) is 72.9 Å². The molecule has 2 aromatic heterocycles. The fraction of sp³-hybridized carbons (Fsp3) is 0.643. The number of aryl methyl sites for hydroxylation is 1. The number of nitrogens with zero attached hydrogens (tertiary/aromatic N) is 5. The molecule has 2 N–H and O–H groups in total. The maximum absolute atomic E-state index is 5.79. The highest BCUT2D eigenvalue weighted by molar-refractivity contribution is 5.80. The van der Waals surface area contributed by atoms with E-state index in [1.807, 2.05) is 6.33 Å². The molecule has 2 aromatic rings. The first-order valence-corrected chi connectivity index (χ1v) is 7.34. The zero-order chi connectivity index (χ0) is 13.9. The van der Waals surface area contributed by atoms with Gasteiger partial charge < -0.3 is 15.2 Å². The molecule has 0 amide bonds. The Morgan fingerprint density at radius 2 is 2.20 bits per heavy atom. The number of rotatable bonds is 6. The normalized spacial score (nSPS) is 15.9. The van der Waals surface area contributed by atoms with E-state index >= 15 is 0 Å². The van der Waals surface area contributed by atoms with Crippen LogP contribution in [0.3, 0.4) is 0 Å². The molecule has 6 nitrogen and oxygen atoms in total. The maximum Gasteiger partial charge on any atom is 0.165 e. The summed E-state index contributed by atoms with van der Waals surface area (Å²) in [5.74, 6) is 1.39. The third-order valence-electron chi connectivity index (χ3n) is 4.16. The van der Waals surface area contributed by atoms with Crippen molar-refractivity contribution in [3.63, 3.8) is 0 Å². The lowest BCUT2D eigenvalue weighted by Gasteiger charge is -2.30. The summed E-state index contributed by atoms with van der Waals surface area (Å²) in [6.07, 6.45) is 8.64. The zero-order valence-corrected chi connectivity index (χ0v) is 12.0. The van der Waals surface area contributed by atoms with Gasteiger partial charge in [-0.25, -0.2) is 15.0 Å². The highest BCUT2D eigenvalue weighted by atomic mass is 15.1. The summed E-state index contributed by atoms with van der Waals surface area (Å²) < 4.78 is 2.06. The largest absolute Gasteiger partial charge is 0.382 e. The minimum atomic E-state index is 0.454. The molecule has 1 aliphatic rings. The molecule has 0 aromatic carbocycles. The lowest BCUT2D eigenvalue weighted by atomic mass is 9.85. The van der Waals surface area contributed by atoms with Crippen LogP contribution in [0, 0.1) is 5.92 Å². The molecule has 0 unspecified atom stereocenters. The van der Waals surface area contributed by atoms with Crippen LogP contribution >= 0.6 is 0 Å². The summed E-state index contributed by atoms with van der Waals surface area (Å²) in [6, 6.07) is 0. The van der Waals surface area contributed by atoms with Gasteiger partial charge in [-0.15, -0.1) is 0 Å². The van der Waals surface area contributed by atoms with Crippen LogP contribution in [0.2, 0.25) is 0 Å². The minimum absolute atomic E-state index is 0.454. The Bertz CT molecular complexity index is 574. The summed E-state index contributed by atoms with van der Waals surface area (Å²) in [5.41, 5.74) is 7.32. The van der Waals surface area contributed by atoms with Gasteiger partial charge in [-0.05, 0) is 38.8 Å². The molecule has 0 radical (unpaired) electrons. The van der Waals surface area contributed by atoms with Crippen LogP contribution in [-0.4, -0.2) is 44.6 Å². The van der Waals surface area contributed by atoms with Crippen LogP contribution in [0.5, 0.6) is 0 Å². The molecule has 0 spiro atoms. The Morgan fingerprint density at radius 1 is 1.35 bits per heavy atom. The van der Waals surface area contributed by atoms with E-state index in [-0.39, 0.29) is 0 Å². The van der Waals surface area contributed by atoms with Crippen molar-refractivity contribution < 1.29 is 0 Å². The molecule has 0 aliphatic heterocycles. The predicted molar refractivity (Wildman–Crippen MR) is 79.2 cm³/mol. The van der Waals surface area contributed by atoms with E-state index < -0.39 is 0 Å². The highest BCUT2D eigenvalue weighted by Crippen LogP contribution is 2.26. The molecule has 0 atom stereocenters. The van der Waals surface area contributed by atoms with Crippen LogP contribution in [-0.2, 0) is 6.54 Å². The Morgan fingerprint density at radius 3 is 2.95 bits per heavy atom. The van der Waals surface area contributed by atoms with E-state index in [2.05, 4.69) is 31.5 Å². The smallest absolute Gasteiger partial charge is 0.165 e. The number of fused-ring (bicyclic) bond motifs is 1. The van der Waals surface area contributed by atoms with E-state index in [9.17, 15) is 0 Å². The molecule has 0 bridgehead atoms. The number of nitrogens with two attached hydrogens (primary N) is 1. The van der Waals surface area contributed by atoms with Gasteiger partial charge >= 0.3 is 0 Å². The Labute approximate surface area is 119 Å². The second-order valence-corrected chi connectivity index (χ2v) is 5.78. The molecule has 2 heterocycles. The average Bonchev–Trinajstić information content (AvgIpc) is 2.79. The number of hydrogen-bond donors (Lipinski definition) is 1. The molecule has 1 aliphatic carbocycles. The van der Waals surface area contributed by atoms with Crippen molar-refractivity contribution >= 4 is 17.0 Å². The van der Waals surface area contributed by atoms with Gasteiger partial charge in [0.1, 0.15) is 11.8 Å². The van der Waals surface area contributed by atoms with Gasteiger partial charge in [0, 0.05) is 13.1 Å². The van der Waals surface area contributed by atoms with Gasteiger partial charge in [0.15, 0.2) is 11.5 Å². The molecule has 3 rings (SSSR count). The van der Waals surface area contributed by atoms with Crippen LogP contribution in [0.1, 0.15) is 25.7 Å². The van der Waals surface area contributed by atoms with Crippen LogP contribution < -0.4 is 5.73 Å². The summed E-state index contributed by atoms with van der Waals surface area (Å²) >= 11 is 0. The van der Waals surface area contributed by atoms with E-state index in [0.29, 0.717) is 11.3 Å². The van der Waals surface area contributed by atoms with Crippen LogP contribution in [0.15, 0.2) is 12.7 Å². The number of nitrogen functional groups attached to an aromatic ring is 1. The molecule has 1 fully saturated rings. The van der Waals surface area contributed by atoms with Gasteiger partial charge in [0.05, 0.1) is 6.33 Å².